The van der Waals surface area contributed by atoms with Gasteiger partial charge in [-0.25, -0.2) is 13.6 Å². The van der Waals surface area contributed by atoms with Crippen LogP contribution in [0.5, 0.6) is 0 Å². The Kier molecular flexibility index (Phi) is 3.78. The van der Waals surface area contributed by atoms with E-state index in [1.54, 1.807) is 12.1 Å². The summed E-state index contributed by atoms with van der Waals surface area (Å²) in [5.41, 5.74) is 0.372. The van der Waals surface area contributed by atoms with Crippen LogP contribution in [0.1, 0.15) is 27.6 Å². The second-order valence-electron chi connectivity index (χ2n) is 4.22. The minimum atomic E-state index is -2.80. The van der Waals surface area contributed by atoms with Crippen molar-refractivity contribution >= 4 is 17.8 Å². The van der Waals surface area contributed by atoms with E-state index in [0.717, 1.165) is 4.90 Å². The molecule has 0 saturated heterocycles. The van der Waals surface area contributed by atoms with Crippen molar-refractivity contribution in [3.8, 4) is 0 Å². The molecule has 0 bridgehead atoms. The fourth-order valence-corrected chi connectivity index (χ4v) is 1.93. The zero-order valence-corrected chi connectivity index (χ0v) is 10.5. The smallest absolute Gasteiger partial charge is 0.329 e. The third kappa shape index (κ3) is 2.38. The Morgan fingerprint density at radius 1 is 1.20 bits per heavy atom. The predicted octanol–water partition coefficient (Wildman–Crippen LogP) is 1.48. The number of imide groups is 1. The van der Waals surface area contributed by atoms with Gasteiger partial charge in [0.05, 0.1) is 11.1 Å². The number of hydrogen-bond acceptors (Lipinski definition) is 4. The molecule has 1 atom stereocenters. The summed E-state index contributed by atoms with van der Waals surface area (Å²) in [5, 5.41) is 0. The standard InChI is InChI=1S/C13H11F2NO4/c1-7(13(19)20-6-10(14)15)16-11(17)8-4-2-3-5-9(8)12(16)18/h2-5,7,10H,6H2,1H3/t7-/m1/s1. The van der Waals surface area contributed by atoms with E-state index in [1.165, 1.54) is 19.1 Å². The van der Waals surface area contributed by atoms with Crippen molar-refractivity contribution in [1.29, 1.82) is 0 Å². The molecule has 1 aromatic carbocycles. The van der Waals surface area contributed by atoms with Crippen LogP contribution in [0.15, 0.2) is 24.3 Å². The minimum absolute atomic E-state index is 0.186. The highest BCUT2D eigenvalue weighted by molar-refractivity contribution is 6.22. The maximum atomic E-state index is 12.0. The first-order valence-corrected chi connectivity index (χ1v) is 5.85. The quantitative estimate of drug-likeness (QED) is 0.620. The molecule has 1 heterocycles. The summed E-state index contributed by atoms with van der Waals surface area (Å²) < 4.78 is 28.3. The van der Waals surface area contributed by atoms with Crippen molar-refractivity contribution in [3.63, 3.8) is 0 Å². The fraction of sp³-hybridized carbons (Fsp3) is 0.308. The van der Waals surface area contributed by atoms with Gasteiger partial charge in [0.15, 0.2) is 6.61 Å². The Labute approximate surface area is 113 Å². The van der Waals surface area contributed by atoms with E-state index in [0.29, 0.717) is 0 Å². The zero-order valence-electron chi connectivity index (χ0n) is 10.5. The van der Waals surface area contributed by atoms with Crippen molar-refractivity contribution in [1.82, 2.24) is 4.90 Å². The fourth-order valence-electron chi connectivity index (χ4n) is 1.93. The molecule has 0 radical (unpaired) electrons. The lowest BCUT2D eigenvalue weighted by atomic mass is 10.1. The number of benzene rings is 1. The Morgan fingerprint density at radius 2 is 1.70 bits per heavy atom. The minimum Gasteiger partial charge on any atom is -0.458 e. The number of carbonyl (C=O) groups is 3. The average Bonchev–Trinajstić information content (AvgIpc) is 2.68. The molecule has 1 aliphatic rings. The number of esters is 1. The first kappa shape index (κ1) is 14.1. The van der Waals surface area contributed by atoms with Gasteiger partial charge >= 0.3 is 5.97 Å². The van der Waals surface area contributed by atoms with Crippen molar-refractivity contribution in [2.45, 2.75) is 19.4 Å². The number of ether oxygens (including phenoxy) is 1. The van der Waals surface area contributed by atoms with Gasteiger partial charge in [-0.1, -0.05) is 12.1 Å². The number of hydrogen-bond donors (Lipinski definition) is 0. The highest BCUT2D eigenvalue weighted by Gasteiger charge is 2.41. The van der Waals surface area contributed by atoms with Gasteiger partial charge in [-0.2, -0.15) is 0 Å². The Hall–Kier alpha value is -2.31. The predicted molar refractivity (Wildman–Crippen MR) is 63.4 cm³/mol. The zero-order chi connectivity index (χ0) is 14.9. The SMILES string of the molecule is C[C@H](C(=O)OCC(F)F)N1C(=O)c2ccccc2C1=O. The van der Waals surface area contributed by atoms with Gasteiger partial charge in [0.2, 0.25) is 0 Å². The summed E-state index contributed by atoms with van der Waals surface area (Å²) in [4.78, 5) is 36.4. The van der Waals surface area contributed by atoms with Gasteiger partial charge in [-0.15, -0.1) is 0 Å². The maximum absolute atomic E-state index is 12.0. The molecule has 2 amide bonds. The summed E-state index contributed by atoms with van der Waals surface area (Å²) in [5.74, 6) is -2.31. The molecule has 5 nitrogen and oxygen atoms in total. The molecule has 0 N–H and O–H groups in total. The van der Waals surface area contributed by atoms with Crippen molar-refractivity contribution in [3.05, 3.63) is 35.4 Å². The Balaban J connectivity index is 2.17. The van der Waals surface area contributed by atoms with Gasteiger partial charge in [0.1, 0.15) is 6.04 Å². The van der Waals surface area contributed by atoms with Gasteiger partial charge in [-0.05, 0) is 19.1 Å². The third-order valence-electron chi connectivity index (χ3n) is 2.91. The van der Waals surface area contributed by atoms with Crippen molar-refractivity contribution in [2.24, 2.45) is 0 Å². The largest absolute Gasteiger partial charge is 0.458 e. The van der Waals surface area contributed by atoms with Crippen LogP contribution in [0.2, 0.25) is 0 Å². The Morgan fingerprint density at radius 3 is 2.15 bits per heavy atom. The number of nitrogens with zero attached hydrogens (tertiary/aromatic N) is 1. The highest BCUT2D eigenvalue weighted by Crippen LogP contribution is 2.24. The summed E-state index contributed by atoms with van der Waals surface area (Å²) in [6, 6.07) is 4.86. The van der Waals surface area contributed by atoms with Gasteiger partial charge in [-0.3, -0.25) is 14.5 Å². The summed E-state index contributed by atoms with van der Waals surface area (Å²) in [7, 11) is 0. The van der Waals surface area contributed by atoms with Crippen LogP contribution in [0.25, 0.3) is 0 Å². The van der Waals surface area contributed by atoms with Crippen molar-refractivity contribution in [2.75, 3.05) is 6.61 Å². The maximum Gasteiger partial charge on any atom is 0.329 e. The molecule has 0 spiro atoms. The molecule has 0 fully saturated rings. The first-order chi connectivity index (χ1) is 9.43. The normalized spacial score (nSPS) is 15.5. The van der Waals surface area contributed by atoms with Crippen LogP contribution in [-0.4, -0.2) is 41.8 Å². The molecule has 20 heavy (non-hydrogen) atoms. The molecular formula is C13H11F2NO4. The summed E-state index contributed by atoms with van der Waals surface area (Å²) in [6.07, 6.45) is -2.80. The highest BCUT2D eigenvalue weighted by atomic mass is 19.3. The van der Waals surface area contributed by atoms with Crippen molar-refractivity contribution < 1.29 is 27.9 Å². The molecule has 7 heteroatoms. The number of halogens is 2. The number of amides is 2. The second kappa shape index (κ2) is 5.36. The van der Waals surface area contributed by atoms with E-state index >= 15 is 0 Å². The van der Waals surface area contributed by atoms with E-state index in [-0.39, 0.29) is 11.1 Å². The van der Waals surface area contributed by atoms with Crippen LogP contribution in [0, 0.1) is 0 Å². The van der Waals surface area contributed by atoms with E-state index in [4.69, 9.17) is 0 Å². The van der Waals surface area contributed by atoms with Crippen LogP contribution in [0.4, 0.5) is 8.78 Å². The third-order valence-corrected chi connectivity index (χ3v) is 2.91. The molecule has 1 aromatic rings. The second-order valence-corrected chi connectivity index (χ2v) is 4.22. The van der Waals surface area contributed by atoms with Crippen LogP contribution >= 0.6 is 0 Å². The number of rotatable bonds is 4. The molecule has 0 aliphatic carbocycles. The molecule has 0 saturated carbocycles. The van der Waals surface area contributed by atoms with E-state index in [1.807, 2.05) is 0 Å². The lowest BCUT2D eigenvalue weighted by Crippen LogP contribution is -2.44. The number of alkyl halides is 2. The molecular weight excluding hydrogens is 272 g/mol. The lowest BCUT2D eigenvalue weighted by Gasteiger charge is -2.20. The van der Waals surface area contributed by atoms with Gasteiger partial charge < -0.3 is 4.74 Å². The van der Waals surface area contributed by atoms with Crippen LogP contribution in [-0.2, 0) is 9.53 Å². The van der Waals surface area contributed by atoms with Gasteiger partial charge in [0.25, 0.3) is 18.2 Å². The van der Waals surface area contributed by atoms with E-state index in [9.17, 15) is 23.2 Å². The summed E-state index contributed by atoms with van der Waals surface area (Å²) in [6.45, 7) is 0.196. The first-order valence-electron chi connectivity index (χ1n) is 5.85. The Bertz CT molecular complexity index is 538. The van der Waals surface area contributed by atoms with Gasteiger partial charge in [0, 0.05) is 0 Å². The molecule has 0 unspecified atom stereocenters. The van der Waals surface area contributed by atoms with Crippen LogP contribution < -0.4 is 0 Å². The van der Waals surface area contributed by atoms with E-state index in [2.05, 4.69) is 4.74 Å². The van der Waals surface area contributed by atoms with Crippen LogP contribution in [0.3, 0.4) is 0 Å². The topological polar surface area (TPSA) is 63.7 Å². The number of fused-ring (bicyclic) bond motifs is 1. The average molecular weight is 283 g/mol. The summed E-state index contributed by atoms with van der Waals surface area (Å²) >= 11 is 0. The molecule has 0 aromatic heterocycles. The molecule has 2 rings (SSSR count). The molecule has 1 aliphatic heterocycles. The van der Waals surface area contributed by atoms with E-state index < -0.39 is 36.9 Å². The molecule has 106 valence electrons. The lowest BCUT2D eigenvalue weighted by molar-refractivity contribution is -0.151. The monoisotopic (exact) mass is 283 g/mol. The number of carbonyl (C=O) groups excluding carboxylic acids is 3.